The van der Waals surface area contributed by atoms with E-state index in [0.29, 0.717) is 23.5 Å². The molecule has 1 aromatic carbocycles. The van der Waals surface area contributed by atoms with Crippen LogP contribution in [0.1, 0.15) is 31.7 Å². The van der Waals surface area contributed by atoms with Crippen molar-refractivity contribution >= 4 is 23.6 Å². The van der Waals surface area contributed by atoms with Crippen LogP contribution in [0, 0.1) is 0 Å². The highest BCUT2D eigenvalue weighted by Crippen LogP contribution is 2.29. The third kappa shape index (κ3) is 3.07. The predicted octanol–water partition coefficient (Wildman–Crippen LogP) is 3.12. The van der Waals surface area contributed by atoms with Gasteiger partial charge in [-0.25, -0.2) is 9.97 Å². The SMILES string of the molecule is CC[C@H](O)[C@H](C)c1ccccc1-n1cnc2c(OC)ncnc21.Cl. The molecule has 0 aliphatic heterocycles. The minimum Gasteiger partial charge on any atom is -0.479 e. The van der Waals surface area contributed by atoms with Gasteiger partial charge in [-0.05, 0) is 18.1 Å². The van der Waals surface area contributed by atoms with Gasteiger partial charge in [-0.3, -0.25) is 4.57 Å². The van der Waals surface area contributed by atoms with Gasteiger partial charge >= 0.3 is 0 Å². The highest BCUT2D eigenvalue weighted by molar-refractivity contribution is 5.85. The fourth-order valence-corrected chi connectivity index (χ4v) is 2.79. The van der Waals surface area contributed by atoms with Crippen molar-refractivity contribution in [3.8, 4) is 11.6 Å². The van der Waals surface area contributed by atoms with Gasteiger partial charge in [0, 0.05) is 5.92 Å². The fourth-order valence-electron chi connectivity index (χ4n) is 2.79. The van der Waals surface area contributed by atoms with Crippen LogP contribution in [0.4, 0.5) is 0 Å². The molecule has 6 nitrogen and oxygen atoms in total. The van der Waals surface area contributed by atoms with Gasteiger partial charge in [0.25, 0.3) is 0 Å². The van der Waals surface area contributed by atoms with E-state index in [0.717, 1.165) is 11.3 Å². The highest BCUT2D eigenvalue weighted by Gasteiger charge is 2.20. The van der Waals surface area contributed by atoms with Crippen molar-refractivity contribution in [1.82, 2.24) is 19.5 Å². The smallest absolute Gasteiger partial charge is 0.245 e. The van der Waals surface area contributed by atoms with Crippen LogP contribution in [0.15, 0.2) is 36.9 Å². The van der Waals surface area contributed by atoms with Crippen molar-refractivity contribution < 1.29 is 9.84 Å². The lowest BCUT2D eigenvalue weighted by Crippen LogP contribution is -2.16. The lowest BCUT2D eigenvalue weighted by Gasteiger charge is -2.21. The molecule has 2 aromatic heterocycles. The van der Waals surface area contributed by atoms with Gasteiger partial charge in [0.15, 0.2) is 11.2 Å². The van der Waals surface area contributed by atoms with E-state index in [1.165, 1.54) is 6.33 Å². The number of ether oxygens (including phenoxy) is 1. The molecule has 0 fully saturated rings. The van der Waals surface area contributed by atoms with Crippen LogP contribution < -0.4 is 4.74 Å². The molecular formula is C17H21ClN4O2. The second-order valence-electron chi connectivity index (χ2n) is 5.49. The number of fused-ring (bicyclic) bond motifs is 1. The molecule has 0 aliphatic rings. The van der Waals surface area contributed by atoms with Crippen molar-refractivity contribution in [3.63, 3.8) is 0 Å². The number of para-hydroxylation sites is 1. The van der Waals surface area contributed by atoms with Crippen LogP contribution >= 0.6 is 12.4 Å². The third-order valence-corrected chi connectivity index (χ3v) is 4.18. The zero-order valence-electron chi connectivity index (χ0n) is 13.9. The summed E-state index contributed by atoms with van der Waals surface area (Å²) in [6, 6.07) is 7.98. The molecule has 0 saturated heterocycles. The molecule has 7 heteroatoms. The van der Waals surface area contributed by atoms with Crippen molar-refractivity contribution in [1.29, 1.82) is 0 Å². The van der Waals surface area contributed by atoms with Gasteiger partial charge < -0.3 is 9.84 Å². The van der Waals surface area contributed by atoms with Crippen LogP contribution in [0.25, 0.3) is 16.9 Å². The minimum absolute atomic E-state index is 0. The molecule has 0 radical (unpaired) electrons. The molecule has 3 rings (SSSR count). The number of aliphatic hydroxyl groups excluding tert-OH is 1. The molecule has 0 spiro atoms. The van der Waals surface area contributed by atoms with Crippen LogP contribution in [0.3, 0.4) is 0 Å². The number of methoxy groups -OCH3 is 1. The maximum atomic E-state index is 10.2. The summed E-state index contributed by atoms with van der Waals surface area (Å²) < 4.78 is 7.15. The molecule has 0 bridgehead atoms. The number of hydrogen-bond donors (Lipinski definition) is 1. The zero-order valence-corrected chi connectivity index (χ0v) is 14.7. The second-order valence-corrected chi connectivity index (χ2v) is 5.49. The monoisotopic (exact) mass is 348 g/mol. The number of halogens is 1. The largest absolute Gasteiger partial charge is 0.479 e. The Morgan fingerprint density at radius 3 is 2.67 bits per heavy atom. The third-order valence-electron chi connectivity index (χ3n) is 4.18. The lowest BCUT2D eigenvalue weighted by molar-refractivity contribution is 0.145. The summed E-state index contributed by atoms with van der Waals surface area (Å²) in [6.45, 7) is 4.01. The molecule has 1 N–H and O–H groups in total. The van der Waals surface area contributed by atoms with Gasteiger partial charge in [0.05, 0.1) is 18.9 Å². The maximum Gasteiger partial charge on any atom is 0.245 e. The molecule has 0 saturated carbocycles. The molecule has 3 aromatic rings. The number of benzene rings is 1. The summed E-state index contributed by atoms with van der Waals surface area (Å²) in [6.07, 6.45) is 3.49. The number of aliphatic hydroxyl groups is 1. The van der Waals surface area contributed by atoms with Crippen LogP contribution in [-0.4, -0.2) is 37.8 Å². The maximum absolute atomic E-state index is 10.2. The summed E-state index contributed by atoms with van der Waals surface area (Å²) in [5.41, 5.74) is 3.31. The molecule has 0 unspecified atom stereocenters. The van der Waals surface area contributed by atoms with E-state index in [4.69, 9.17) is 4.74 Å². The van der Waals surface area contributed by atoms with Crippen LogP contribution in [0.2, 0.25) is 0 Å². The highest BCUT2D eigenvalue weighted by atomic mass is 35.5. The van der Waals surface area contributed by atoms with Crippen molar-refractivity contribution in [2.75, 3.05) is 7.11 Å². The normalized spacial score (nSPS) is 13.3. The molecule has 0 aliphatic carbocycles. The van der Waals surface area contributed by atoms with E-state index in [-0.39, 0.29) is 18.3 Å². The van der Waals surface area contributed by atoms with E-state index in [1.54, 1.807) is 13.4 Å². The number of imidazole rings is 1. The van der Waals surface area contributed by atoms with E-state index in [9.17, 15) is 5.11 Å². The molecule has 2 heterocycles. The summed E-state index contributed by atoms with van der Waals surface area (Å²) in [7, 11) is 1.56. The van der Waals surface area contributed by atoms with Gasteiger partial charge in [-0.1, -0.05) is 32.0 Å². The second kappa shape index (κ2) is 7.59. The van der Waals surface area contributed by atoms with Gasteiger partial charge in [0.1, 0.15) is 12.7 Å². The van der Waals surface area contributed by atoms with Crippen LogP contribution in [0.5, 0.6) is 5.88 Å². The quantitative estimate of drug-likeness (QED) is 0.766. The van der Waals surface area contributed by atoms with E-state index < -0.39 is 6.10 Å². The standard InChI is InChI=1S/C17H20N4O2.ClH/c1-4-14(22)11(2)12-7-5-6-8-13(12)21-10-20-15-16(21)18-9-19-17(15)23-3;/h5-11,14,22H,4H2,1-3H3;1H/t11-,14+;/m1./s1. The first-order valence-electron chi connectivity index (χ1n) is 7.66. The Balaban J connectivity index is 0.00000208. The van der Waals surface area contributed by atoms with Crippen molar-refractivity contribution in [3.05, 3.63) is 42.5 Å². The first-order valence-corrected chi connectivity index (χ1v) is 7.66. The fraction of sp³-hybridized carbons (Fsp3) is 0.353. The van der Waals surface area contributed by atoms with Crippen molar-refractivity contribution in [2.45, 2.75) is 32.3 Å². The Labute approximate surface area is 146 Å². The molecule has 128 valence electrons. The van der Waals surface area contributed by atoms with E-state index in [1.807, 2.05) is 42.7 Å². The minimum atomic E-state index is -0.393. The Kier molecular flexibility index (Phi) is 5.75. The first kappa shape index (κ1) is 18.2. The summed E-state index contributed by atoms with van der Waals surface area (Å²) in [5.74, 6) is 0.463. The summed E-state index contributed by atoms with van der Waals surface area (Å²) >= 11 is 0. The Hall–Kier alpha value is -2.18. The van der Waals surface area contributed by atoms with E-state index in [2.05, 4.69) is 15.0 Å². The zero-order chi connectivity index (χ0) is 16.4. The Morgan fingerprint density at radius 1 is 1.21 bits per heavy atom. The van der Waals surface area contributed by atoms with E-state index >= 15 is 0 Å². The molecular weight excluding hydrogens is 328 g/mol. The summed E-state index contributed by atoms with van der Waals surface area (Å²) in [4.78, 5) is 12.8. The van der Waals surface area contributed by atoms with Gasteiger partial charge in [-0.2, -0.15) is 4.98 Å². The number of hydrogen-bond acceptors (Lipinski definition) is 5. The molecule has 0 amide bonds. The topological polar surface area (TPSA) is 73.1 Å². The van der Waals surface area contributed by atoms with Gasteiger partial charge in [0.2, 0.25) is 5.88 Å². The summed E-state index contributed by atoms with van der Waals surface area (Å²) in [5, 5.41) is 10.2. The predicted molar refractivity (Wildman–Crippen MR) is 95.2 cm³/mol. The number of nitrogens with zero attached hydrogens (tertiary/aromatic N) is 4. The Morgan fingerprint density at radius 2 is 1.96 bits per heavy atom. The van der Waals surface area contributed by atoms with Crippen LogP contribution in [-0.2, 0) is 0 Å². The first-order chi connectivity index (χ1) is 11.2. The number of rotatable bonds is 5. The molecule has 24 heavy (non-hydrogen) atoms. The lowest BCUT2D eigenvalue weighted by atomic mass is 9.92. The Bertz CT molecular complexity index is 821. The van der Waals surface area contributed by atoms with Gasteiger partial charge in [-0.15, -0.1) is 12.4 Å². The number of aromatic nitrogens is 4. The molecule has 2 atom stereocenters. The van der Waals surface area contributed by atoms with Crippen molar-refractivity contribution in [2.24, 2.45) is 0 Å². The average Bonchev–Trinajstić information content (AvgIpc) is 3.04. The average molecular weight is 349 g/mol.